The SMILES string of the molecule is CC(=O)C[C@@H](C)COC1CCC(Oc2nc3cc(F)c(Cl)cc3n2C)CC1. The largest absolute Gasteiger partial charge is 0.461 e. The predicted molar refractivity (Wildman–Crippen MR) is 103 cm³/mol. The smallest absolute Gasteiger partial charge is 0.297 e. The van der Waals surface area contributed by atoms with Crippen LogP contribution in [0.1, 0.15) is 46.0 Å². The van der Waals surface area contributed by atoms with Crippen molar-refractivity contribution in [3.05, 3.63) is 23.0 Å². The number of hydrogen-bond donors (Lipinski definition) is 0. The highest BCUT2D eigenvalue weighted by Crippen LogP contribution is 2.29. The molecule has 3 rings (SSSR count). The van der Waals surface area contributed by atoms with Crippen LogP contribution in [0.2, 0.25) is 5.02 Å². The van der Waals surface area contributed by atoms with Gasteiger partial charge >= 0.3 is 0 Å². The molecule has 1 fully saturated rings. The molecule has 0 saturated heterocycles. The molecule has 1 aliphatic carbocycles. The van der Waals surface area contributed by atoms with Gasteiger partial charge in [0.25, 0.3) is 6.01 Å². The number of aryl methyl sites for hydroxylation is 1. The summed E-state index contributed by atoms with van der Waals surface area (Å²) in [6.07, 6.45) is 4.44. The van der Waals surface area contributed by atoms with Gasteiger partial charge in [-0.3, -0.25) is 4.57 Å². The summed E-state index contributed by atoms with van der Waals surface area (Å²) in [5.74, 6) is -0.0269. The Morgan fingerprint density at radius 1 is 1.33 bits per heavy atom. The van der Waals surface area contributed by atoms with Gasteiger partial charge in [-0.2, -0.15) is 4.98 Å². The van der Waals surface area contributed by atoms with Crippen LogP contribution in [0, 0.1) is 11.7 Å². The lowest BCUT2D eigenvalue weighted by molar-refractivity contribution is -0.118. The minimum atomic E-state index is -0.481. The molecule has 0 bridgehead atoms. The van der Waals surface area contributed by atoms with Crippen molar-refractivity contribution in [1.82, 2.24) is 9.55 Å². The maximum atomic E-state index is 13.6. The number of ketones is 1. The zero-order valence-electron chi connectivity index (χ0n) is 16.0. The molecule has 1 aromatic heterocycles. The normalized spacial score (nSPS) is 21.4. The quantitative estimate of drug-likeness (QED) is 0.681. The van der Waals surface area contributed by atoms with Crippen molar-refractivity contribution in [2.24, 2.45) is 13.0 Å². The fourth-order valence-electron chi connectivity index (χ4n) is 3.59. The Morgan fingerprint density at radius 3 is 2.67 bits per heavy atom. The van der Waals surface area contributed by atoms with E-state index in [1.807, 2.05) is 14.0 Å². The van der Waals surface area contributed by atoms with E-state index in [-0.39, 0.29) is 28.9 Å². The minimum Gasteiger partial charge on any atom is -0.461 e. The summed E-state index contributed by atoms with van der Waals surface area (Å²) in [6.45, 7) is 4.27. The average Bonchev–Trinajstić information content (AvgIpc) is 2.89. The van der Waals surface area contributed by atoms with Crippen LogP contribution in [0.25, 0.3) is 11.0 Å². The van der Waals surface area contributed by atoms with Crippen LogP contribution < -0.4 is 4.74 Å². The second kappa shape index (κ2) is 8.57. The molecule has 1 heterocycles. The molecule has 148 valence electrons. The predicted octanol–water partition coefficient (Wildman–Crippen LogP) is 4.69. The molecular weight excluding hydrogens is 371 g/mol. The Balaban J connectivity index is 1.53. The Hall–Kier alpha value is -1.66. The van der Waals surface area contributed by atoms with Crippen molar-refractivity contribution in [3.8, 4) is 6.01 Å². The Morgan fingerprint density at radius 2 is 2.00 bits per heavy atom. The third-order valence-electron chi connectivity index (χ3n) is 5.03. The van der Waals surface area contributed by atoms with Crippen LogP contribution in [-0.4, -0.2) is 34.1 Å². The first-order valence-electron chi connectivity index (χ1n) is 9.42. The number of hydrogen-bond acceptors (Lipinski definition) is 4. The molecule has 0 aliphatic heterocycles. The van der Waals surface area contributed by atoms with Gasteiger partial charge in [-0.15, -0.1) is 0 Å². The van der Waals surface area contributed by atoms with Crippen molar-refractivity contribution >= 4 is 28.4 Å². The van der Waals surface area contributed by atoms with Gasteiger partial charge in [-0.05, 0) is 44.6 Å². The highest BCUT2D eigenvalue weighted by atomic mass is 35.5. The molecule has 27 heavy (non-hydrogen) atoms. The van der Waals surface area contributed by atoms with Gasteiger partial charge < -0.3 is 14.3 Å². The number of carbonyl (C=O) groups excluding carboxylic acids is 1. The first kappa shape index (κ1) is 20.1. The molecular formula is C20H26ClFN2O3. The van der Waals surface area contributed by atoms with E-state index in [2.05, 4.69) is 4.98 Å². The number of aromatic nitrogens is 2. The fourth-order valence-corrected chi connectivity index (χ4v) is 3.74. The van der Waals surface area contributed by atoms with Crippen LogP contribution in [0.4, 0.5) is 4.39 Å². The highest BCUT2D eigenvalue weighted by Gasteiger charge is 2.25. The number of ether oxygens (including phenoxy) is 2. The third-order valence-corrected chi connectivity index (χ3v) is 5.32. The lowest BCUT2D eigenvalue weighted by Gasteiger charge is -2.29. The summed E-state index contributed by atoms with van der Waals surface area (Å²) < 4.78 is 27.5. The van der Waals surface area contributed by atoms with Gasteiger partial charge in [0, 0.05) is 26.1 Å². The molecule has 1 aliphatic rings. The van der Waals surface area contributed by atoms with Gasteiger partial charge in [0.2, 0.25) is 0 Å². The van der Waals surface area contributed by atoms with Gasteiger partial charge in [-0.25, -0.2) is 4.39 Å². The fraction of sp³-hybridized carbons (Fsp3) is 0.600. The van der Waals surface area contributed by atoms with E-state index >= 15 is 0 Å². The van der Waals surface area contributed by atoms with Crippen LogP contribution in [0.15, 0.2) is 12.1 Å². The summed E-state index contributed by atoms with van der Waals surface area (Å²) >= 11 is 5.87. The summed E-state index contributed by atoms with van der Waals surface area (Å²) in [6, 6.07) is 3.38. The van der Waals surface area contributed by atoms with E-state index in [9.17, 15) is 9.18 Å². The number of nitrogens with zero attached hydrogens (tertiary/aromatic N) is 2. The second-order valence-electron chi connectivity index (χ2n) is 7.57. The zero-order chi connectivity index (χ0) is 19.6. The van der Waals surface area contributed by atoms with E-state index in [0.29, 0.717) is 24.6 Å². The van der Waals surface area contributed by atoms with Crippen LogP contribution in [-0.2, 0) is 16.6 Å². The summed E-state index contributed by atoms with van der Waals surface area (Å²) in [4.78, 5) is 15.5. The van der Waals surface area contributed by atoms with E-state index < -0.39 is 5.82 Å². The Kier molecular flexibility index (Phi) is 6.37. The Bertz CT molecular complexity index is 815. The minimum absolute atomic E-state index is 0.0651. The molecule has 1 saturated carbocycles. The van der Waals surface area contributed by atoms with Gasteiger partial charge in [0.1, 0.15) is 17.7 Å². The number of carbonyl (C=O) groups is 1. The molecule has 0 spiro atoms. The zero-order valence-corrected chi connectivity index (χ0v) is 16.8. The first-order valence-corrected chi connectivity index (χ1v) is 9.80. The van der Waals surface area contributed by atoms with Gasteiger partial charge in [0.15, 0.2) is 0 Å². The van der Waals surface area contributed by atoms with Crippen molar-refractivity contribution in [1.29, 1.82) is 0 Å². The number of imidazole rings is 1. The summed E-state index contributed by atoms with van der Waals surface area (Å²) in [7, 11) is 1.84. The van der Waals surface area contributed by atoms with Crippen molar-refractivity contribution in [3.63, 3.8) is 0 Å². The maximum Gasteiger partial charge on any atom is 0.297 e. The van der Waals surface area contributed by atoms with Crippen LogP contribution >= 0.6 is 11.6 Å². The van der Waals surface area contributed by atoms with E-state index in [0.717, 1.165) is 31.2 Å². The van der Waals surface area contributed by atoms with Gasteiger partial charge in [-0.1, -0.05) is 18.5 Å². The number of halogens is 2. The van der Waals surface area contributed by atoms with E-state index in [1.165, 1.54) is 6.07 Å². The summed E-state index contributed by atoms with van der Waals surface area (Å²) in [5, 5.41) is 0.0775. The molecule has 5 nitrogen and oxygen atoms in total. The number of benzene rings is 1. The van der Waals surface area contributed by atoms with E-state index in [1.54, 1.807) is 17.6 Å². The second-order valence-corrected chi connectivity index (χ2v) is 7.98. The molecule has 0 radical (unpaired) electrons. The average molecular weight is 397 g/mol. The number of rotatable bonds is 7. The van der Waals surface area contributed by atoms with Gasteiger partial charge in [0.05, 0.1) is 22.2 Å². The highest BCUT2D eigenvalue weighted by molar-refractivity contribution is 6.31. The van der Waals surface area contributed by atoms with E-state index in [4.69, 9.17) is 21.1 Å². The van der Waals surface area contributed by atoms with Crippen molar-refractivity contribution < 1.29 is 18.7 Å². The molecule has 0 amide bonds. The summed E-state index contributed by atoms with van der Waals surface area (Å²) in [5.41, 5.74) is 1.28. The monoisotopic (exact) mass is 396 g/mol. The first-order chi connectivity index (χ1) is 12.8. The van der Waals surface area contributed by atoms with Crippen molar-refractivity contribution in [2.45, 2.75) is 58.2 Å². The topological polar surface area (TPSA) is 53.4 Å². The molecule has 0 N–H and O–H groups in total. The Labute approximate surface area is 163 Å². The third kappa shape index (κ3) is 4.99. The maximum absolute atomic E-state index is 13.6. The molecule has 1 aromatic carbocycles. The molecule has 1 atom stereocenters. The van der Waals surface area contributed by atoms with Crippen LogP contribution in [0.5, 0.6) is 6.01 Å². The lowest BCUT2D eigenvalue weighted by Crippen LogP contribution is -2.30. The van der Waals surface area contributed by atoms with Crippen LogP contribution in [0.3, 0.4) is 0 Å². The van der Waals surface area contributed by atoms with Crippen molar-refractivity contribution in [2.75, 3.05) is 6.61 Å². The standard InChI is InChI=1S/C20H26ClFN2O3/c1-12(8-13(2)25)11-26-14-4-6-15(7-5-14)27-20-23-18-10-17(22)16(21)9-19(18)24(20)3/h9-10,12,14-15H,4-8,11H2,1-3H3/t12-,14?,15?/m1/s1. The molecule has 0 unspecified atom stereocenters. The number of fused-ring (bicyclic) bond motifs is 1. The molecule has 2 aromatic rings. The lowest BCUT2D eigenvalue weighted by atomic mass is 9.95. The molecule has 7 heteroatoms. The number of Topliss-reactive ketones (excluding diaryl/α,β-unsaturated/α-hetero) is 1.